The highest BCUT2D eigenvalue weighted by Crippen LogP contribution is 2.15. The van der Waals surface area contributed by atoms with Crippen molar-refractivity contribution in [3.63, 3.8) is 0 Å². The highest BCUT2D eigenvalue weighted by molar-refractivity contribution is 5.91. The van der Waals surface area contributed by atoms with E-state index >= 15 is 0 Å². The van der Waals surface area contributed by atoms with Gasteiger partial charge in [0.25, 0.3) is 5.91 Å². The van der Waals surface area contributed by atoms with Crippen LogP contribution in [0.3, 0.4) is 0 Å². The molecule has 0 spiro atoms. The van der Waals surface area contributed by atoms with Gasteiger partial charge in [0.05, 0.1) is 0 Å². The fraction of sp³-hybridized carbons (Fsp3) is 0.154. The van der Waals surface area contributed by atoms with Crippen molar-refractivity contribution in [2.75, 3.05) is 12.4 Å². The predicted octanol–water partition coefficient (Wildman–Crippen LogP) is 1.04. The van der Waals surface area contributed by atoms with Crippen LogP contribution in [0.5, 0.6) is 0 Å². The van der Waals surface area contributed by atoms with E-state index in [0.717, 1.165) is 11.3 Å². The minimum absolute atomic E-state index is 0.260. The standard InChI is InChI=1S/C13H15N5O/c1-15-13(19)11-5-6-12(18-17-11)16-10-4-2-3-9(7-10)8-14/h2-7H,8,14H2,1H3,(H,15,19)(H,16,18). The summed E-state index contributed by atoms with van der Waals surface area (Å²) in [4.78, 5) is 11.3. The molecule has 6 nitrogen and oxygen atoms in total. The Morgan fingerprint density at radius 3 is 2.74 bits per heavy atom. The third kappa shape index (κ3) is 3.26. The van der Waals surface area contributed by atoms with Gasteiger partial charge in [-0.3, -0.25) is 4.79 Å². The molecule has 0 bridgehead atoms. The number of nitrogens with one attached hydrogen (secondary N) is 2. The molecule has 98 valence electrons. The maximum absolute atomic E-state index is 11.3. The molecule has 0 fully saturated rings. The van der Waals surface area contributed by atoms with E-state index in [0.29, 0.717) is 12.4 Å². The van der Waals surface area contributed by atoms with Crippen molar-refractivity contribution >= 4 is 17.4 Å². The maximum atomic E-state index is 11.3. The zero-order chi connectivity index (χ0) is 13.7. The number of anilines is 2. The van der Waals surface area contributed by atoms with E-state index in [2.05, 4.69) is 20.8 Å². The van der Waals surface area contributed by atoms with Crippen molar-refractivity contribution < 1.29 is 4.79 Å². The number of rotatable bonds is 4. The Labute approximate surface area is 111 Å². The summed E-state index contributed by atoms with van der Waals surface area (Å²) in [5.74, 6) is 0.311. The molecule has 1 aromatic carbocycles. The summed E-state index contributed by atoms with van der Waals surface area (Å²) in [5.41, 5.74) is 7.77. The predicted molar refractivity (Wildman–Crippen MR) is 73.0 cm³/mol. The van der Waals surface area contributed by atoms with Crippen molar-refractivity contribution in [1.82, 2.24) is 15.5 Å². The minimum atomic E-state index is -0.260. The molecular formula is C13H15N5O. The zero-order valence-electron chi connectivity index (χ0n) is 10.6. The molecule has 0 saturated heterocycles. The normalized spacial score (nSPS) is 10.0. The molecule has 1 aromatic heterocycles. The Bertz CT molecular complexity index is 568. The Morgan fingerprint density at radius 2 is 2.11 bits per heavy atom. The molecule has 0 saturated carbocycles. The second kappa shape index (κ2) is 5.92. The lowest BCUT2D eigenvalue weighted by Crippen LogP contribution is -2.19. The first-order valence-electron chi connectivity index (χ1n) is 5.85. The summed E-state index contributed by atoms with van der Waals surface area (Å²) in [6.07, 6.45) is 0. The monoisotopic (exact) mass is 257 g/mol. The molecule has 1 heterocycles. The number of carbonyl (C=O) groups excluding carboxylic acids is 1. The first kappa shape index (κ1) is 13.0. The van der Waals surface area contributed by atoms with E-state index in [1.165, 1.54) is 0 Å². The van der Waals surface area contributed by atoms with E-state index in [9.17, 15) is 4.79 Å². The van der Waals surface area contributed by atoms with E-state index in [-0.39, 0.29) is 11.6 Å². The fourth-order valence-electron chi connectivity index (χ4n) is 1.57. The Balaban J connectivity index is 2.12. The number of benzene rings is 1. The molecule has 19 heavy (non-hydrogen) atoms. The average Bonchev–Trinajstić information content (AvgIpc) is 2.47. The lowest BCUT2D eigenvalue weighted by molar-refractivity contribution is 0.0957. The van der Waals surface area contributed by atoms with Crippen LogP contribution in [0.4, 0.5) is 11.5 Å². The lowest BCUT2D eigenvalue weighted by atomic mass is 10.2. The van der Waals surface area contributed by atoms with Crippen molar-refractivity contribution in [2.45, 2.75) is 6.54 Å². The summed E-state index contributed by atoms with van der Waals surface area (Å²) in [7, 11) is 1.55. The van der Waals surface area contributed by atoms with Gasteiger partial charge in [-0.05, 0) is 29.8 Å². The molecule has 2 aromatic rings. The van der Waals surface area contributed by atoms with Crippen LogP contribution in [0, 0.1) is 0 Å². The van der Waals surface area contributed by atoms with Crippen molar-refractivity contribution in [1.29, 1.82) is 0 Å². The summed E-state index contributed by atoms with van der Waals surface area (Å²) in [6, 6.07) is 11.0. The second-order valence-corrected chi connectivity index (χ2v) is 3.91. The van der Waals surface area contributed by atoms with Crippen LogP contribution in [0.15, 0.2) is 36.4 Å². The smallest absolute Gasteiger partial charge is 0.271 e. The summed E-state index contributed by atoms with van der Waals surface area (Å²) in [6.45, 7) is 0.483. The minimum Gasteiger partial charge on any atom is -0.354 e. The second-order valence-electron chi connectivity index (χ2n) is 3.91. The molecule has 0 aliphatic carbocycles. The molecule has 2 rings (SSSR count). The number of aromatic nitrogens is 2. The maximum Gasteiger partial charge on any atom is 0.271 e. The van der Waals surface area contributed by atoms with Crippen LogP contribution in [0.25, 0.3) is 0 Å². The zero-order valence-corrected chi connectivity index (χ0v) is 10.6. The summed E-state index contributed by atoms with van der Waals surface area (Å²) >= 11 is 0. The third-order valence-corrected chi connectivity index (χ3v) is 2.56. The molecule has 0 atom stereocenters. The number of nitrogens with zero attached hydrogens (tertiary/aromatic N) is 2. The summed E-state index contributed by atoms with van der Waals surface area (Å²) in [5, 5.41) is 13.4. The van der Waals surface area contributed by atoms with Gasteiger partial charge >= 0.3 is 0 Å². The lowest BCUT2D eigenvalue weighted by Gasteiger charge is -2.06. The SMILES string of the molecule is CNC(=O)c1ccc(Nc2cccc(CN)c2)nn1. The Hall–Kier alpha value is -2.47. The van der Waals surface area contributed by atoms with Gasteiger partial charge in [-0.25, -0.2) is 0 Å². The van der Waals surface area contributed by atoms with Gasteiger partial charge in [-0.2, -0.15) is 0 Å². The molecule has 0 radical (unpaired) electrons. The van der Waals surface area contributed by atoms with Crippen LogP contribution in [-0.4, -0.2) is 23.2 Å². The molecular weight excluding hydrogens is 242 g/mol. The van der Waals surface area contributed by atoms with Crippen molar-refractivity contribution in [3.05, 3.63) is 47.7 Å². The molecule has 0 aliphatic heterocycles. The topological polar surface area (TPSA) is 92.9 Å². The number of carbonyl (C=O) groups is 1. The van der Waals surface area contributed by atoms with Crippen LogP contribution in [-0.2, 0) is 6.54 Å². The van der Waals surface area contributed by atoms with Crippen LogP contribution >= 0.6 is 0 Å². The van der Waals surface area contributed by atoms with Gasteiger partial charge in [0, 0.05) is 19.3 Å². The molecule has 0 unspecified atom stereocenters. The number of hydrogen-bond donors (Lipinski definition) is 3. The summed E-state index contributed by atoms with van der Waals surface area (Å²) < 4.78 is 0. The first-order valence-corrected chi connectivity index (χ1v) is 5.85. The number of amides is 1. The average molecular weight is 257 g/mol. The van der Waals surface area contributed by atoms with E-state index in [1.54, 1.807) is 19.2 Å². The van der Waals surface area contributed by atoms with Crippen LogP contribution < -0.4 is 16.4 Å². The first-order chi connectivity index (χ1) is 9.22. The molecule has 1 amide bonds. The van der Waals surface area contributed by atoms with Gasteiger partial charge < -0.3 is 16.4 Å². The number of nitrogens with two attached hydrogens (primary N) is 1. The van der Waals surface area contributed by atoms with Crippen LogP contribution in [0.1, 0.15) is 16.1 Å². The molecule has 4 N–H and O–H groups in total. The van der Waals surface area contributed by atoms with Crippen LogP contribution in [0.2, 0.25) is 0 Å². The largest absolute Gasteiger partial charge is 0.354 e. The fourth-order valence-corrected chi connectivity index (χ4v) is 1.57. The van der Waals surface area contributed by atoms with E-state index in [4.69, 9.17) is 5.73 Å². The molecule has 6 heteroatoms. The highest BCUT2D eigenvalue weighted by atomic mass is 16.1. The van der Waals surface area contributed by atoms with E-state index < -0.39 is 0 Å². The Kier molecular flexibility index (Phi) is 4.04. The molecule has 0 aliphatic rings. The van der Waals surface area contributed by atoms with Gasteiger partial charge in [0.15, 0.2) is 11.5 Å². The van der Waals surface area contributed by atoms with E-state index in [1.807, 2.05) is 24.3 Å². The van der Waals surface area contributed by atoms with Gasteiger partial charge in [-0.1, -0.05) is 12.1 Å². The Morgan fingerprint density at radius 1 is 1.26 bits per heavy atom. The van der Waals surface area contributed by atoms with Crippen molar-refractivity contribution in [3.8, 4) is 0 Å². The number of hydrogen-bond acceptors (Lipinski definition) is 5. The third-order valence-electron chi connectivity index (χ3n) is 2.56. The highest BCUT2D eigenvalue weighted by Gasteiger charge is 2.05. The van der Waals surface area contributed by atoms with Gasteiger partial charge in [-0.15, -0.1) is 10.2 Å². The van der Waals surface area contributed by atoms with Gasteiger partial charge in [0.2, 0.25) is 0 Å². The van der Waals surface area contributed by atoms with Gasteiger partial charge in [0.1, 0.15) is 0 Å². The van der Waals surface area contributed by atoms with Crippen molar-refractivity contribution in [2.24, 2.45) is 5.73 Å². The quantitative estimate of drug-likeness (QED) is 0.761.